The van der Waals surface area contributed by atoms with Gasteiger partial charge in [-0.2, -0.15) is 5.26 Å². The van der Waals surface area contributed by atoms with Gasteiger partial charge >= 0.3 is 5.97 Å². The first-order valence-electron chi connectivity index (χ1n) is 10.6. The number of ether oxygens (including phenoxy) is 1. The molecule has 2 unspecified atom stereocenters. The summed E-state index contributed by atoms with van der Waals surface area (Å²) < 4.78 is 5.11. The summed E-state index contributed by atoms with van der Waals surface area (Å²) >= 11 is 7.40. The Hall–Kier alpha value is -3.28. The second kappa shape index (κ2) is 11.2. The van der Waals surface area contributed by atoms with E-state index in [0.717, 1.165) is 22.9 Å². The van der Waals surface area contributed by atoms with Gasteiger partial charge in [-0.25, -0.2) is 0 Å². The number of halogens is 1. The van der Waals surface area contributed by atoms with Gasteiger partial charge in [0.25, 0.3) is 0 Å². The van der Waals surface area contributed by atoms with E-state index in [-0.39, 0.29) is 28.9 Å². The highest BCUT2D eigenvalue weighted by Crippen LogP contribution is 2.42. The van der Waals surface area contributed by atoms with Gasteiger partial charge in [-0.05, 0) is 49.6 Å². The maximum Gasteiger partial charge on any atom is 0.319 e. The lowest BCUT2D eigenvalue weighted by Crippen LogP contribution is -2.44. The number of nitrogens with one attached hydrogen (secondary N) is 2. The van der Waals surface area contributed by atoms with Crippen molar-refractivity contribution in [2.75, 3.05) is 17.7 Å². The zero-order valence-electron chi connectivity index (χ0n) is 19.0. The molecule has 0 saturated carbocycles. The van der Waals surface area contributed by atoms with Crippen molar-refractivity contribution >= 4 is 46.8 Å². The van der Waals surface area contributed by atoms with Crippen LogP contribution in [0.4, 0.5) is 5.69 Å². The molecule has 2 atom stereocenters. The highest BCUT2D eigenvalue weighted by atomic mass is 35.5. The minimum atomic E-state index is -1.28. The molecule has 1 heterocycles. The standard InChI is InChI=1S/C25H24ClN3O4S/c1-4-33-25(32)22-21(16-9-5-6-10-18(16)26)17(12-27)24(29-23(22)31)34-13-20(30)28-19-11-7-8-14(2)15(19)3/h5-11,21-22H,4,13H2,1-3H3,(H,28,30)(H,29,31). The van der Waals surface area contributed by atoms with E-state index in [4.69, 9.17) is 16.3 Å². The van der Waals surface area contributed by atoms with E-state index in [1.165, 1.54) is 0 Å². The van der Waals surface area contributed by atoms with Crippen molar-refractivity contribution in [3.05, 3.63) is 74.8 Å². The first kappa shape index (κ1) is 25.3. The van der Waals surface area contributed by atoms with Gasteiger partial charge in [0.2, 0.25) is 11.8 Å². The molecule has 2 N–H and O–H groups in total. The Kier molecular flexibility index (Phi) is 8.37. The summed E-state index contributed by atoms with van der Waals surface area (Å²) in [4.78, 5) is 38.3. The number of anilines is 1. The Labute approximate surface area is 207 Å². The summed E-state index contributed by atoms with van der Waals surface area (Å²) in [5.74, 6) is -3.90. The third kappa shape index (κ3) is 5.44. The fourth-order valence-corrected chi connectivity index (χ4v) is 4.80. The molecule has 0 aliphatic carbocycles. The predicted molar refractivity (Wildman–Crippen MR) is 132 cm³/mol. The van der Waals surface area contributed by atoms with Crippen LogP contribution in [-0.4, -0.2) is 30.1 Å². The summed E-state index contributed by atoms with van der Waals surface area (Å²) in [5.41, 5.74) is 3.32. The number of rotatable bonds is 7. The topological polar surface area (TPSA) is 108 Å². The van der Waals surface area contributed by atoms with E-state index in [2.05, 4.69) is 16.7 Å². The molecule has 1 aliphatic heterocycles. The number of thioether (sulfide) groups is 1. The number of benzene rings is 2. The Morgan fingerprint density at radius 2 is 1.94 bits per heavy atom. The summed E-state index contributed by atoms with van der Waals surface area (Å²) in [6.07, 6.45) is 0. The van der Waals surface area contributed by atoms with Crippen LogP contribution < -0.4 is 10.6 Å². The zero-order valence-corrected chi connectivity index (χ0v) is 20.5. The SMILES string of the molecule is CCOC(=O)C1C(=O)NC(SCC(=O)Nc2cccc(C)c2C)=C(C#N)C1c1ccccc1Cl. The Bertz CT molecular complexity index is 1200. The van der Waals surface area contributed by atoms with E-state index in [1.54, 1.807) is 31.2 Å². The van der Waals surface area contributed by atoms with Crippen molar-refractivity contribution in [3.63, 3.8) is 0 Å². The van der Waals surface area contributed by atoms with Gasteiger partial charge in [0.15, 0.2) is 0 Å². The molecular weight excluding hydrogens is 474 g/mol. The second-order valence-corrected chi connectivity index (χ2v) is 9.05. The van der Waals surface area contributed by atoms with Crippen molar-refractivity contribution in [3.8, 4) is 6.07 Å². The average Bonchev–Trinajstić information content (AvgIpc) is 2.80. The molecule has 3 rings (SSSR count). The fraction of sp³-hybridized carbons (Fsp3) is 0.280. The minimum absolute atomic E-state index is 0.0481. The lowest BCUT2D eigenvalue weighted by atomic mass is 9.78. The normalized spacial score (nSPS) is 17.6. The lowest BCUT2D eigenvalue weighted by Gasteiger charge is -2.31. The highest BCUT2D eigenvalue weighted by molar-refractivity contribution is 8.03. The molecule has 1 aliphatic rings. The van der Waals surface area contributed by atoms with Crippen LogP contribution in [0.1, 0.15) is 29.5 Å². The zero-order chi connectivity index (χ0) is 24.8. The van der Waals surface area contributed by atoms with Gasteiger partial charge in [-0.1, -0.05) is 53.7 Å². The quantitative estimate of drug-likeness (QED) is 0.432. The molecular formula is C25H24ClN3O4S. The summed E-state index contributed by atoms with van der Waals surface area (Å²) in [6, 6.07) is 14.5. The Morgan fingerprint density at radius 1 is 1.21 bits per heavy atom. The molecule has 2 amide bonds. The molecule has 0 radical (unpaired) electrons. The van der Waals surface area contributed by atoms with Crippen LogP contribution in [-0.2, 0) is 19.1 Å². The van der Waals surface area contributed by atoms with Crippen LogP contribution >= 0.6 is 23.4 Å². The predicted octanol–water partition coefficient (Wildman–Crippen LogP) is 4.46. The maximum atomic E-state index is 13.0. The first-order valence-corrected chi connectivity index (χ1v) is 12.0. The molecule has 9 heteroatoms. The van der Waals surface area contributed by atoms with Crippen LogP contribution in [0.15, 0.2) is 53.1 Å². The van der Waals surface area contributed by atoms with Gasteiger partial charge < -0.3 is 15.4 Å². The van der Waals surface area contributed by atoms with Crippen molar-refractivity contribution in [1.29, 1.82) is 5.26 Å². The molecule has 0 bridgehead atoms. The number of hydrogen-bond acceptors (Lipinski definition) is 6. The molecule has 34 heavy (non-hydrogen) atoms. The number of carbonyl (C=O) groups is 3. The van der Waals surface area contributed by atoms with Crippen LogP contribution in [0.2, 0.25) is 5.02 Å². The monoisotopic (exact) mass is 497 g/mol. The minimum Gasteiger partial charge on any atom is -0.465 e. The molecule has 0 aromatic heterocycles. The van der Waals surface area contributed by atoms with Crippen LogP contribution in [0.25, 0.3) is 0 Å². The van der Waals surface area contributed by atoms with Gasteiger partial charge in [0.1, 0.15) is 5.92 Å². The summed E-state index contributed by atoms with van der Waals surface area (Å²) in [7, 11) is 0. The van der Waals surface area contributed by atoms with Crippen LogP contribution in [0, 0.1) is 31.1 Å². The van der Waals surface area contributed by atoms with Crippen LogP contribution in [0.3, 0.4) is 0 Å². The molecule has 0 spiro atoms. The van der Waals surface area contributed by atoms with Crippen molar-refractivity contribution in [2.24, 2.45) is 5.92 Å². The smallest absolute Gasteiger partial charge is 0.319 e. The number of amides is 2. The Morgan fingerprint density at radius 3 is 2.62 bits per heavy atom. The number of esters is 1. The van der Waals surface area contributed by atoms with Gasteiger partial charge in [-0.3, -0.25) is 14.4 Å². The summed E-state index contributed by atoms with van der Waals surface area (Å²) in [6.45, 7) is 5.60. The number of carbonyl (C=O) groups excluding carboxylic acids is 3. The van der Waals surface area contributed by atoms with Gasteiger partial charge in [0.05, 0.1) is 29.0 Å². The van der Waals surface area contributed by atoms with E-state index in [0.29, 0.717) is 16.3 Å². The highest BCUT2D eigenvalue weighted by Gasteiger charge is 2.45. The number of aryl methyl sites for hydroxylation is 1. The van der Waals surface area contributed by atoms with Crippen molar-refractivity contribution < 1.29 is 19.1 Å². The fourth-order valence-electron chi connectivity index (χ4n) is 3.70. The van der Waals surface area contributed by atoms with Crippen molar-refractivity contribution in [1.82, 2.24) is 5.32 Å². The number of hydrogen-bond donors (Lipinski definition) is 2. The van der Waals surface area contributed by atoms with Gasteiger partial charge in [0, 0.05) is 16.6 Å². The molecule has 2 aromatic carbocycles. The van der Waals surface area contributed by atoms with E-state index in [1.807, 2.05) is 32.0 Å². The van der Waals surface area contributed by atoms with Gasteiger partial charge in [-0.15, -0.1) is 0 Å². The third-order valence-corrected chi connectivity index (χ3v) is 6.90. The van der Waals surface area contributed by atoms with E-state index < -0.39 is 23.7 Å². The third-order valence-electron chi connectivity index (χ3n) is 5.54. The average molecular weight is 498 g/mol. The second-order valence-electron chi connectivity index (χ2n) is 7.66. The lowest BCUT2D eigenvalue weighted by molar-refractivity contribution is -0.152. The molecule has 0 saturated heterocycles. The maximum absolute atomic E-state index is 13.0. The molecule has 2 aromatic rings. The van der Waals surface area contributed by atoms with Crippen molar-refractivity contribution in [2.45, 2.75) is 26.7 Å². The summed E-state index contributed by atoms with van der Waals surface area (Å²) in [5, 5.41) is 16.0. The van der Waals surface area contributed by atoms with Crippen LogP contribution in [0.5, 0.6) is 0 Å². The number of allylic oxidation sites excluding steroid dienone is 1. The number of nitrogens with zero attached hydrogens (tertiary/aromatic N) is 1. The molecule has 7 nitrogen and oxygen atoms in total. The first-order chi connectivity index (χ1) is 16.3. The largest absolute Gasteiger partial charge is 0.465 e. The molecule has 0 fully saturated rings. The van der Waals surface area contributed by atoms with E-state index >= 15 is 0 Å². The Balaban J connectivity index is 1.92. The number of nitriles is 1. The van der Waals surface area contributed by atoms with E-state index in [9.17, 15) is 19.6 Å². The molecule has 176 valence electrons.